The molecule has 2 aromatic carbocycles. The quantitative estimate of drug-likeness (QED) is 0.438. The topological polar surface area (TPSA) is 87.9 Å². The number of benzene rings is 2. The highest BCUT2D eigenvalue weighted by Crippen LogP contribution is 2.45. The van der Waals surface area contributed by atoms with Crippen molar-refractivity contribution in [2.45, 2.75) is 19.3 Å². The molecule has 0 aliphatic heterocycles. The molecule has 0 saturated heterocycles. The van der Waals surface area contributed by atoms with Gasteiger partial charge in [-0.05, 0) is 30.9 Å². The number of nitro groups is 1. The first kappa shape index (κ1) is 18.7. The zero-order valence-corrected chi connectivity index (χ0v) is 15.5. The van der Waals surface area contributed by atoms with Gasteiger partial charge in [-0.3, -0.25) is 14.9 Å². The standard InChI is InChI=1S/C20H21NO6/c1-25-17-11-12-7-8-14(10-16(12)19(26-2)20(17)27-3)18(22)13-5-4-6-15(9-13)21(23)24/h4-6,9,11,14H,7-8,10H2,1-3H3. The number of Topliss-reactive ketones (excluding diaryl/α,β-unsaturated/α-hetero) is 1. The molecule has 142 valence electrons. The van der Waals surface area contributed by atoms with E-state index in [1.807, 2.05) is 6.07 Å². The number of hydrogen-bond acceptors (Lipinski definition) is 6. The van der Waals surface area contributed by atoms with E-state index in [4.69, 9.17) is 14.2 Å². The number of carbonyl (C=O) groups excluding carboxylic acids is 1. The number of nitrogens with zero attached hydrogens (tertiary/aromatic N) is 1. The van der Waals surface area contributed by atoms with Gasteiger partial charge in [-0.15, -0.1) is 0 Å². The lowest BCUT2D eigenvalue weighted by Gasteiger charge is -2.27. The average molecular weight is 371 g/mol. The lowest BCUT2D eigenvalue weighted by Crippen LogP contribution is -2.23. The summed E-state index contributed by atoms with van der Waals surface area (Å²) >= 11 is 0. The largest absolute Gasteiger partial charge is 0.493 e. The van der Waals surface area contributed by atoms with Gasteiger partial charge in [0.05, 0.1) is 26.3 Å². The first-order valence-electron chi connectivity index (χ1n) is 8.59. The molecule has 0 bridgehead atoms. The van der Waals surface area contributed by atoms with E-state index in [9.17, 15) is 14.9 Å². The monoisotopic (exact) mass is 371 g/mol. The molecule has 7 heteroatoms. The third kappa shape index (κ3) is 3.45. The summed E-state index contributed by atoms with van der Waals surface area (Å²) in [5.74, 6) is 1.30. The van der Waals surface area contributed by atoms with Gasteiger partial charge in [0.25, 0.3) is 5.69 Å². The molecule has 0 radical (unpaired) electrons. The molecule has 1 aliphatic carbocycles. The second-order valence-electron chi connectivity index (χ2n) is 6.39. The van der Waals surface area contributed by atoms with E-state index in [2.05, 4.69) is 0 Å². The van der Waals surface area contributed by atoms with Crippen LogP contribution in [-0.2, 0) is 12.8 Å². The Morgan fingerprint density at radius 3 is 2.48 bits per heavy atom. The molecule has 7 nitrogen and oxygen atoms in total. The Morgan fingerprint density at radius 1 is 1.11 bits per heavy atom. The highest BCUT2D eigenvalue weighted by atomic mass is 16.6. The third-order valence-corrected chi connectivity index (χ3v) is 4.95. The van der Waals surface area contributed by atoms with Gasteiger partial charge in [-0.2, -0.15) is 0 Å². The number of non-ortho nitro benzene ring substituents is 1. The summed E-state index contributed by atoms with van der Waals surface area (Å²) in [6.45, 7) is 0. The number of fused-ring (bicyclic) bond motifs is 1. The number of aryl methyl sites for hydroxylation is 1. The average Bonchev–Trinajstić information content (AvgIpc) is 2.71. The van der Waals surface area contributed by atoms with Gasteiger partial charge < -0.3 is 14.2 Å². The van der Waals surface area contributed by atoms with Crippen LogP contribution in [0.1, 0.15) is 27.9 Å². The van der Waals surface area contributed by atoms with Crippen molar-refractivity contribution in [2.24, 2.45) is 5.92 Å². The Morgan fingerprint density at radius 2 is 1.85 bits per heavy atom. The second kappa shape index (κ2) is 7.65. The smallest absolute Gasteiger partial charge is 0.270 e. The predicted molar refractivity (Wildman–Crippen MR) is 99.0 cm³/mol. The fraction of sp³-hybridized carbons (Fsp3) is 0.350. The summed E-state index contributed by atoms with van der Waals surface area (Å²) in [4.78, 5) is 23.4. The van der Waals surface area contributed by atoms with E-state index in [0.717, 1.165) is 11.1 Å². The maximum atomic E-state index is 12.9. The molecule has 1 unspecified atom stereocenters. The molecule has 0 fully saturated rings. The fourth-order valence-corrected chi connectivity index (χ4v) is 3.62. The van der Waals surface area contributed by atoms with Gasteiger partial charge >= 0.3 is 0 Å². The highest BCUT2D eigenvalue weighted by molar-refractivity contribution is 5.98. The molecule has 2 aromatic rings. The van der Waals surface area contributed by atoms with Crippen LogP contribution in [0.3, 0.4) is 0 Å². The minimum absolute atomic E-state index is 0.0824. The van der Waals surface area contributed by atoms with Crippen LogP contribution in [0.25, 0.3) is 0 Å². The summed E-state index contributed by atoms with van der Waals surface area (Å²) in [6, 6.07) is 7.80. The molecule has 1 aliphatic rings. The molecular formula is C20H21NO6. The Labute approximate surface area is 157 Å². The van der Waals surface area contributed by atoms with Gasteiger partial charge in [-0.25, -0.2) is 0 Å². The second-order valence-corrected chi connectivity index (χ2v) is 6.39. The van der Waals surface area contributed by atoms with E-state index in [-0.39, 0.29) is 17.4 Å². The summed E-state index contributed by atoms with van der Waals surface area (Å²) < 4.78 is 16.4. The molecule has 27 heavy (non-hydrogen) atoms. The van der Waals surface area contributed by atoms with Gasteiger partial charge in [-0.1, -0.05) is 12.1 Å². The van der Waals surface area contributed by atoms with Crippen LogP contribution in [0, 0.1) is 16.0 Å². The van der Waals surface area contributed by atoms with Crippen LogP contribution < -0.4 is 14.2 Å². The molecule has 3 rings (SSSR count). The van der Waals surface area contributed by atoms with Crippen molar-refractivity contribution in [1.82, 2.24) is 0 Å². The first-order chi connectivity index (χ1) is 13.0. The molecule has 1 atom stereocenters. The van der Waals surface area contributed by atoms with E-state index in [1.165, 1.54) is 18.2 Å². The number of carbonyl (C=O) groups is 1. The summed E-state index contributed by atoms with van der Waals surface area (Å²) in [7, 11) is 4.67. The molecular weight excluding hydrogens is 350 g/mol. The Hall–Kier alpha value is -3.09. The van der Waals surface area contributed by atoms with Crippen molar-refractivity contribution in [3.63, 3.8) is 0 Å². The van der Waals surface area contributed by atoms with Crippen molar-refractivity contribution in [3.05, 3.63) is 57.1 Å². The van der Waals surface area contributed by atoms with Crippen molar-refractivity contribution < 1.29 is 23.9 Å². The number of methoxy groups -OCH3 is 3. The lowest BCUT2D eigenvalue weighted by molar-refractivity contribution is -0.384. The predicted octanol–water partition coefficient (Wildman–Crippen LogP) is 3.61. The van der Waals surface area contributed by atoms with E-state index in [0.29, 0.717) is 42.1 Å². The zero-order chi connectivity index (χ0) is 19.6. The molecule has 0 saturated carbocycles. The van der Waals surface area contributed by atoms with Gasteiger partial charge in [0.2, 0.25) is 5.75 Å². The Balaban J connectivity index is 1.95. The zero-order valence-electron chi connectivity index (χ0n) is 15.5. The summed E-state index contributed by atoms with van der Waals surface area (Å²) in [5, 5.41) is 11.0. The maximum absolute atomic E-state index is 12.9. The Bertz CT molecular complexity index is 892. The SMILES string of the molecule is COc1cc2c(c(OC)c1OC)CC(C(=O)c1cccc([N+](=O)[O-])c1)CC2. The number of ketones is 1. The maximum Gasteiger partial charge on any atom is 0.270 e. The molecule has 0 aromatic heterocycles. The minimum Gasteiger partial charge on any atom is -0.493 e. The normalized spacial score (nSPS) is 15.6. The first-order valence-corrected chi connectivity index (χ1v) is 8.59. The van der Waals surface area contributed by atoms with Gasteiger partial charge in [0.15, 0.2) is 17.3 Å². The number of nitro benzene ring substituents is 1. The van der Waals surface area contributed by atoms with E-state index >= 15 is 0 Å². The van der Waals surface area contributed by atoms with Crippen molar-refractivity contribution in [1.29, 1.82) is 0 Å². The Kier molecular flexibility index (Phi) is 5.30. The summed E-state index contributed by atoms with van der Waals surface area (Å²) in [5.41, 5.74) is 2.26. The van der Waals surface area contributed by atoms with Crippen molar-refractivity contribution in [2.75, 3.05) is 21.3 Å². The fourth-order valence-electron chi connectivity index (χ4n) is 3.62. The van der Waals surface area contributed by atoms with E-state index in [1.54, 1.807) is 27.4 Å². The van der Waals surface area contributed by atoms with E-state index < -0.39 is 4.92 Å². The third-order valence-electron chi connectivity index (χ3n) is 4.95. The van der Waals surface area contributed by atoms with Crippen LogP contribution in [0.5, 0.6) is 17.2 Å². The van der Waals surface area contributed by atoms with Crippen LogP contribution in [-0.4, -0.2) is 32.0 Å². The number of rotatable bonds is 6. The minimum atomic E-state index is -0.493. The highest BCUT2D eigenvalue weighted by Gasteiger charge is 2.31. The van der Waals surface area contributed by atoms with Crippen molar-refractivity contribution in [3.8, 4) is 17.2 Å². The van der Waals surface area contributed by atoms with Gasteiger partial charge in [0.1, 0.15) is 0 Å². The molecule has 0 spiro atoms. The van der Waals surface area contributed by atoms with Crippen LogP contribution >= 0.6 is 0 Å². The summed E-state index contributed by atoms with van der Waals surface area (Å²) in [6.07, 6.45) is 1.84. The van der Waals surface area contributed by atoms with Gasteiger partial charge in [0, 0.05) is 29.2 Å². The molecule has 0 amide bonds. The molecule has 0 heterocycles. The molecule has 0 N–H and O–H groups in total. The van der Waals surface area contributed by atoms with Crippen LogP contribution in [0.15, 0.2) is 30.3 Å². The van der Waals surface area contributed by atoms with Crippen LogP contribution in [0.2, 0.25) is 0 Å². The number of ether oxygens (including phenoxy) is 3. The van der Waals surface area contributed by atoms with Crippen molar-refractivity contribution >= 4 is 11.5 Å². The lowest BCUT2D eigenvalue weighted by atomic mass is 9.79. The number of hydrogen-bond donors (Lipinski definition) is 0. The van der Waals surface area contributed by atoms with Crippen LogP contribution in [0.4, 0.5) is 5.69 Å².